The van der Waals surface area contributed by atoms with Gasteiger partial charge in [-0.3, -0.25) is 24.0 Å². The smallest absolute Gasteiger partial charge is 0.326 e. The molecule has 0 bridgehead atoms. The number of hydrogen-bond donors (Lipinski definition) is 7. The van der Waals surface area contributed by atoms with Crippen LogP contribution in [-0.4, -0.2) is 87.1 Å². The average molecular weight is 521 g/mol. The number of carboxylic acid groups (broad SMARTS) is 3. The minimum absolute atomic E-state index is 0.0746. The summed E-state index contributed by atoms with van der Waals surface area (Å²) in [5.41, 5.74) is 5.80. The van der Waals surface area contributed by atoms with Crippen LogP contribution in [0.25, 0.3) is 0 Å². The summed E-state index contributed by atoms with van der Waals surface area (Å²) >= 11 is 1.47. The molecule has 8 N–H and O–H groups in total. The average Bonchev–Trinajstić information content (AvgIpc) is 2.75. The molecule has 0 aliphatic heterocycles. The Hall–Kier alpha value is -2.87. The summed E-state index contributed by atoms with van der Waals surface area (Å²) < 4.78 is 0. The van der Waals surface area contributed by atoms with Gasteiger partial charge in [-0.2, -0.15) is 11.8 Å². The van der Waals surface area contributed by atoms with Crippen molar-refractivity contribution in [3.63, 3.8) is 0 Å². The third kappa shape index (κ3) is 14.2. The Morgan fingerprint density at radius 3 is 1.54 bits per heavy atom. The van der Waals surface area contributed by atoms with E-state index in [2.05, 4.69) is 16.0 Å². The van der Waals surface area contributed by atoms with Crippen molar-refractivity contribution in [2.24, 2.45) is 11.7 Å². The molecule has 0 aliphatic rings. The van der Waals surface area contributed by atoms with Crippen LogP contribution in [-0.2, 0) is 28.8 Å². The molecule has 35 heavy (non-hydrogen) atoms. The van der Waals surface area contributed by atoms with Gasteiger partial charge in [0.05, 0.1) is 6.04 Å². The van der Waals surface area contributed by atoms with E-state index in [1.165, 1.54) is 11.8 Å². The number of carbonyl (C=O) groups is 6. The third-order valence-electron chi connectivity index (χ3n) is 4.85. The summed E-state index contributed by atoms with van der Waals surface area (Å²) in [6, 6.07) is -4.99. The van der Waals surface area contributed by atoms with E-state index in [1.807, 2.05) is 6.26 Å². The molecule has 0 saturated heterocycles. The Labute approximate surface area is 208 Å². The second kappa shape index (κ2) is 16.7. The van der Waals surface area contributed by atoms with Gasteiger partial charge in [-0.05, 0) is 43.6 Å². The van der Waals surface area contributed by atoms with Gasteiger partial charge < -0.3 is 37.0 Å². The van der Waals surface area contributed by atoms with Gasteiger partial charge in [0.15, 0.2) is 0 Å². The lowest BCUT2D eigenvalue weighted by Gasteiger charge is -2.25. The van der Waals surface area contributed by atoms with E-state index in [0.717, 1.165) is 0 Å². The lowest BCUT2D eigenvalue weighted by atomic mass is 10.0. The normalized spacial score (nSPS) is 14.3. The minimum Gasteiger partial charge on any atom is -0.481 e. The van der Waals surface area contributed by atoms with E-state index in [-0.39, 0.29) is 25.2 Å². The summed E-state index contributed by atoms with van der Waals surface area (Å²) in [6.45, 7) is 3.51. The maximum Gasteiger partial charge on any atom is 0.326 e. The van der Waals surface area contributed by atoms with Crippen LogP contribution in [0.5, 0.6) is 0 Å². The molecule has 0 fully saturated rings. The molecule has 0 spiro atoms. The molecule has 0 rings (SSSR count). The molecule has 0 heterocycles. The van der Waals surface area contributed by atoms with Crippen molar-refractivity contribution in [2.75, 3.05) is 12.0 Å². The standard InChI is InChI=1S/C21H36N4O9S/c1-11(2)10-15(21(33)34)25-20(32)14(5-7-17(28)29)24-19(31)13(4-6-16(26)27)23-18(30)12(22)8-9-35-3/h11-15H,4-10,22H2,1-3H3,(H,23,30)(H,24,31)(H,25,32)(H,26,27)(H,28,29)(H,33,34). The van der Waals surface area contributed by atoms with Gasteiger partial charge in [0.1, 0.15) is 18.1 Å². The number of nitrogens with one attached hydrogen (secondary N) is 3. The molecule has 4 atom stereocenters. The fourth-order valence-corrected chi connectivity index (χ4v) is 3.46. The molecule has 200 valence electrons. The first-order valence-corrected chi connectivity index (χ1v) is 12.5. The van der Waals surface area contributed by atoms with Gasteiger partial charge in [0.2, 0.25) is 17.7 Å². The van der Waals surface area contributed by atoms with Gasteiger partial charge in [0.25, 0.3) is 0 Å². The van der Waals surface area contributed by atoms with Gasteiger partial charge in [-0.15, -0.1) is 0 Å². The summed E-state index contributed by atoms with van der Waals surface area (Å²) in [5.74, 6) is -5.76. The zero-order valence-corrected chi connectivity index (χ0v) is 20.9. The largest absolute Gasteiger partial charge is 0.481 e. The predicted molar refractivity (Wildman–Crippen MR) is 128 cm³/mol. The monoisotopic (exact) mass is 520 g/mol. The minimum atomic E-state index is -1.43. The van der Waals surface area contributed by atoms with Gasteiger partial charge in [0, 0.05) is 12.8 Å². The van der Waals surface area contributed by atoms with Crippen LogP contribution in [0.1, 0.15) is 52.4 Å². The van der Waals surface area contributed by atoms with E-state index in [0.29, 0.717) is 12.2 Å². The van der Waals surface area contributed by atoms with Crippen molar-refractivity contribution in [3.05, 3.63) is 0 Å². The Balaban J connectivity index is 5.60. The lowest BCUT2D eigenvalue weighted by molar-refractivity contribution is -0.143. The molecule has 0 aromatic rings. The Morgan fingerprint density at radius 2 is 1.17 bits per heavy atom. The highest BCUT2D eigenvalue weighted by molar-refractivity contribution is 7.98. The van der Waals surface area contributed by atoms with Crippen molar-refractivity contribution in [2.45, 2.75) is 76.5 Å². The molecule has 3 amide bonds. The zero-order chi connectivity index (χ0) is 27.1. The summed E-state index contributed by atoms with van der Waals surface area (Å²) in [5, 5.41) is 34.3. The number of rotatable bonds is 18. The first kappa shape index (κ1) is 32.1. The third-order valence-corrected chi connectivity index (χ3v) is 5.50. The Morgan fingerprint density at radius 1 is 0.743 bits per heavy atom. The quantitative estimate of drug-likeness (QED) is 0.120. The predicted octanol–water partition coefficient (Wildman–Crippen LogP) is -0.618. The second-order valence-corrected chi connectivity index (χ2v) is 9.39. The van der Waals surface area contributed by atoms with E-state index in [9.17, 15) is 33.9 Å². The molecule has 0 aromatic heterocycles. The number of carboxylic acids is 3. The van der Waals surface area contributed by atoms with E-state index in [4.69, 9.17) is 15.9 Å². The molecular weight excluding hydrogens is 484 g/mol. The van der Waals surface area contributed by atoms with Gasteiger partial charge in [-0.1, -0.05) is 13.8 Å². The molecular formula is C21H36N4O9S. The van der Waals surface area contributed by atoms with Gasteiger partial charge in [-0.25, -0.2) is 4.79 Å². The highest BCUT2D eigenvalue weighted by atomic mass is 32.2. The number of nitrogens with two attached hydrogens (primary N) is 1. The molecule has 0 radical (unpaired) electrons. The molecule has 0 saturated carbocycles. The van der Waals surface area contributed by atoms with Crippen molar-refractivity contribution in [3.8, 4) is 0 Å². The summed E-state index contributed by atoms with van der Waals surface area (Å²) in [7, 11) is 0. The topological polar surface area (TPSA) is 225 Å². The molecule has 0 aliphatic carbocycles. The summed E-state index contributed by atoms with van der Waals surface area (Å²) in [4.78, 5) is 71.5. The lowest BCUT2D eigenvalue weighted by Crippen LogP contribution is -2.57. The Bertz CT molecular complexity index is 763. The van der Waals surface area contributed by atoms with Crippen LogP contribution in [0.15, 0.2) is 0 Å². The van der Waals surface area contributed by atoms with Crippen LogP contribution in [0.3, 0.4) is 0 Å². The van der Waals surface area contributed by atoms with E-state index in [1.54, 1.807) is 13.8 Å². The fourth-order valence-electron chi connectivity index (χ4n) is 2.97. The Kier molecular flexibility index (Phi) is 15.3. The maximum atomic E-state index is 12.9. The SMILES string of the molecule is CSCCC(N)C(=O)NC(CCC(=O)O)C(=O)NC(CCC(=O)O)C(=O)NC(CC(C)C)C(=O)O. The van der Waals surface area contributed by atoms with Crippen LogP contribution in [0.4, 0.5) is 0 Å². The van der Waals surface area contributed by atoms with Crippen LogP contribution in [0.2, 0.25) is 0 Å². The number of aliphatic carboxylic acids is 3. The zero-order valence-electron chi connectivity index (χ0n) is 20.1. The molecule has 0 aromatic carbocycles. The fraction of sp³-hybridized carbons (Fsp3) is 0.714. The molecule has 13 nitrogen and oxygen atoms in total. The molecule has 4 unspecified atom stereocenters. The number of carbonyl (C=O) groups excluding carboxylic acids is 3. The van der Waals surface area contributed by atoms with Crippen molar-refractivity contribution in [1.82, 2.24) is 16.0 Å². The van der Waals surface area contributed by atoms with E-state index < -0.39 is 72.6 Å². The van der Waals surface area contributed by atoms with Crippen LogP contribution in [0, 0.1) is 5.92 Å². The number of thioether (sulfide) groups is 1. The molecule has 14 heteroatoms. The first-order chi connectivity index (χ1) is 16.3. The highest BCUT2D eigenvalue weighted by Crippen LogP contribution is 2.08. The highest BCUT2D eigenvalue weighted by Gasteiger charge is 2.31. The maximum absolute atomic E-state index is 12.9. The van der Waals surface area contributed by atoms with Crippen molar-refractivity contribution < 1.29 is 44.1 Å². The number of hydrogen-bond acceptors (Lipinski definition) is 8. The van der Waals surface area contributed by atoms with Crippen LogP contribution < -0.4 is 21.7 Å². The van der Waals surface area contributed by atoms with Crippen molar-refractivity contribution in [1.29, 1.82) is 0 Å². The van der Waals surface area contributed by atoms with Crippen LogP contribution >= 0.6 is 11.8 Å². The second-order valence-electron chi connectivity index (χ2n) is 8.40. The first-order valence-electron chi connectivity index (χ1n) is 11.1. The van der Waals surface area contributed by atoms with E-state index >= 15 is 0 Å². The number of amides is 3. The van der Waals surface area contributed by atoms with Gasteiger partial charge >= 0.3 is 17.9 Å². The summed E-state index contributed by atoms with van der Waals surface area (Å²) in [6.07, 6.45) is 0.606. The van der Waals surface area contributed by atoms with Crippen molar-refractivity contribution >= 4 is 47.4 Å².